The van der Waals surface area contributed by atoms with Gasteiger partial charge in [0, 0.05) is 24.0 Å². The molecule has 0 amide bonds. The Morgan fingerprint density at radius 3 is 2.85 bits per heavy atom. The molecule has 2 heterocycles. The van der Waals surface area contributed by atoms with E-state index in [-0.39, 0.29) is 35.3 Å². The summed E-state index contributed by atoms with van der Waals surface area (Å²) in [4.78, 5) is 7.87. The molecule has 1 aliphatic heterocycles. The van der Waals surface area contributed by atoms with Gasteiger partial charge in [-0.1, -0.05) is 11.6 Å². The maximum atomic E-state index is 12.9. The fourth-order valence-corrected chi connectivity index (χ4v) is 4.55. The van der Waals surface area contributed by atoms with Gasteiger partial charge in [-0.2, -0.15) is 9.57 Å². The van der Waals surface area contributed by atoms with Crippen LogP contribution in [0.2, 0.25) is 5.02 Å². The topological polar surface area (TPSA) is 105 Å². The lowest BCUT2D eigenvalue weighted by Crippen LogP contribution is -2.31. The summed E-state index contributed by atoms with van der Waals surface area (Å²) in [6, 6.07) is 6.33. The van der Waals surface area contributed by atoms with Gasteiger partial charge in [0.15, 0.2) is 0 Å². The van der Waals surface area contributed by atoms with Crippen molar-refractivity contribution in [1.29, 1.82) is 5.26 Å². The van der Waals surface area contributed by atoms with Crippen LogP contribution in [0.3, 0.4) is 0 Å². The van der Waals surface area contributed by atoms with E-state index in [1.807, 2.05) is 6.07 Å². The number of benzene rings is 1. The number of nitrogens with zero attached hydrogens (tertiary/aromatic N) is 4. The summed E-state index contributed by atoms with van der Waals surface area (Å²) in [6.07, 6.45) is 2.83. The zero-order chi connectivity index (χ0) is 18.7. The fraction of sp³-hybridized carbons (Fsp3) is 0.312. The number of ether oxygens (including phenoxy) is 2. The molecule has 1 saturated heterocycles. The van der Waals surface area contributed by atoms with E-state index in [9.17, 15) is 8.42 Å². The summed E-state index contributed by atoms with van der Waals surface area (Å²) in [5, 5.41) is 9.34. The Morgan fingerprint density at radius 2 is 2.12 bits per heavy atom. The fourth-order valence-electron chi connectivity index (χ4n) is 2.65. The van der Waals surface area contributed by atoms with Crippen molar-refractivity contribution in [2.24, 2.45) is 0 Å². The van der Waals surface area contributed by atoms with Crippen molar-refractivity contribution in [3.05, 3.63) is 41.3 Å². The highest BCUT2D eigenvalue weighted by Crippen LogP contribution is 2.31. The standard InChI is InChI=1S/C16H15ClN4O4S/c1-24-14-3-2-11(17)8-15(14)26(22,23)21-7-4-12(10-21)25-16-13(9-18)19-5-6-20-16/h2-3,5-6,8,12H,4,7,10H2,1H3. The smallest absolute Gasteiger partial charge is 0.251 e. The monoisotopic (exact) mass is 394 g/mol. The normalized spacial score (nSPS) is 17.7. The summed E-state index contributed by atoms with van der Waals surface area (Å²) in [6.45, 7) is 0.393. The third-order valence-electron chi connectivity index (χ3n) is 3.90. The Hall–Kier alpha value is -2.41. The molecule has 26 heavy (non-hydrogen) atoms. The van der Waals surface area contributed by atoms with Crippen molar-refractivity contribution in [3.8, 4) is 17.7 Å². The molecule has 1 unspecified atom stereocenters. The average molecular weight is 395 g/mol. The maximum absolute atomic E-state index is 12.9. The van der Waals surface area contributed by atoms with Gasteiger partial charge in [0.05, 0.1) is 13.7 Å². The van der Waals surface area contributed by atoms with Crippen molar-refractivity contribution in [2.75, 3.05) is 20.2 Å². The van der Waals surface area contributed by atoms with Gasteiger partial charge in [-0.05, 0) is 24.6 Å². The Kier molecular flexibility index (Phi) is 5.27. The van der Waals surface area contributed by atoms with Crippen molar-refractivity contribution in [3.63, 3.8) is 0 Å². The number of hydrogen-bond acceptors (Lipinski definition) is 7. The highest BCUT2D eigenvalue weighted by atomic mass is 35.5. The number of sulfonamides is 1. The number of rotatable bonds is 5. The van der Waals surface area contributed by atoms with Gasteiger partial charge in [-0.25, -0.2) is 18.4 Å². The van der Waals surface area contributed by atoms with E-state index >= 15 is 0 Å². The molecule has 1 aromatic heterocycles. The average Bonchev–Trinajstić information content (AvgIpc) is 3.11. The van der Waals surface area contributed by atoms with Gasteiger partial charge >= 0.3 is 0 Å². The lowest BCUT2D eigenvalue weighted by Gasteiger charge is -2.18. The zero-order valence-corrected chi connectivity index (χ0v) is 15.4. The summed E-state index contributed by atoms with van der Waals surface area (Å²) in [5.74, 6) is 0.319. The number of methoxy groups -OCH3 is 1. The molecule has 0 saturated carbocycles. The molecular formula is C16H15ClN4O4S. The molecule has 0 radical (unpaired) electrons. The summed E-state index contributed by atoms with van der Waals surface area (Å²) >= 11 is 5.95. The minimum atomic E-state index is -3.80. The van der Waals surface area contributed by atoms with Gasteiger partial charge in [0.2, 0.25) is 15.7 Å². The van der Waals surface area contributed by atoms with Crippen molar-refractivity contribution < 1.29 is 17.9 Å². The number of halogens is 1. The van der Waals surface area contributed by atoms with Crippen LogP contribution in [-0.2, 0) is 10.0 Å². The Labute approximate surface area is 156 Å². The molecule has 0 spiro atoms. The van der Waals surface area contributed by atoms with Gasteiger partial charge in [0.1, 0.15) is 22.8 Å². The lowest BCUT2D eigenvalue weighted by atomic mass is 10.3. The van der Waals surface area contributed by atoms with Crippen LogP contribution < -0.4 is 9.47 Å². The first-order valence-corrected chi connectivity index (χ1v) is 9.49. The second-order valence-corrected chi connectivity index (χ2v) is 7.85. The Bertz CT molecular complexity index is 961. The third kappa shape index (κ3) is 3.58. The largest absolute Gasteiger partial charge is 0.495 e. The highest BCUT2D eigenvalue weighted by Gasteiger charge is 2.36. The number of nitriles is 1. The van der Waals surface area contributed by atoms with E-state index in [4.69, 9.17) is 26.3 Å². The van der Waals surface area contributed by atoms with Gasteiger partial charge in [0.25, 0.3) is 5.88 Å². The maximum Gasteiger partial charge on any atom is 0.251 e. The number of aromatic nitrogens is 2. The SMILES string of the molecule is COc1ccc(Cl)cc1S(=O)(=O)N1CCC(Oc2nccnc2C#N)C1. The van der Waals surface area contributed by atoms with E-state index in [1.54, 1.807) is 6.07 Å². The summed E-state index contributed by atoms with van der Waals surface area (Å²) in [5.41, 5.74) is 0.0605. The lowest BCUT2D eigenvalue weighted by molar-refractivity contribution is 0.205. The van der Waals surface area contributed by atoms with E-state index in [2.05, 4.69) is 9.97 Å². The van der Waals surface area contributed by atoms with E-state index < -0.39 is 16.1 Å². The Morgan fingerprint density at radius 1 is 1.35 bits per heavy atom. The molecule has 8 nitrogen and oxygen atoms in total. The molecule has 1 fully saturated rings. The van der Waals surface area contributed by atoms with Crippen molar-refractivity contribution in [1.82, 2.24) is 14.3 Å². The first-order valence-electron chi connectivity index (χ1n) is 7.67. The molecule has 10 heteroatoms. The predicted octanol–water partition coefficient (Wildman–Crippen LogP) is 1.85. The second kappa shape index (κ2) is 7.45. The van der Waals surface area contributed by atoms with Crippen LogP contribution in [-0.4, -0.2) is 49.0 Å². The third-order valence-corrected chi connectivity index (χ3v) is 6.02. The summed E-state index contributed by atoms with van der Waals surface area (Å²) in [7, 11) is -2.40. The molecular weight excluding hydrogens is 380 g/mol. The molecule has 3 rings (SSSR count). The molecule has 1 aliphatic rings. The number of hydrogen-bond donors (Lipinski definition) is 0. The predicted molar refractivity (Wildman–Crippen MR) is 92.5 cm³/mol. The van der Waals surface area contributed by atoms with Crippen LogP contribution >= 0.6 is 11.6 Å². The quantitative estimate of drug-likeness (QED) is 0.761. The van der Waals surface area contributed by atoms with Gasteiger partial charge in [-0.3, -0.25) is 0 Å². The first-order chi connectivity index (χ1) is 12.5. The van der Waals surface area contributed by atoms with Crippen LogP contribution in [0, 0.1) is 11.3 Å². The zero-order valence-electron chi connectivity index (χ0n) is 13.8. The molecule has 0 aliphatic carbocycles. The first kappa shape index (κ1) is 18.4. The second-order valence-electron chi connectivity index (χ2n) is 5.51. The van der Waals surface area contributed by atoms with Crippen molar-refractivity contribution >= 4 is 21.6 Å². The molecule has 0 N–H and O–H groups in total. The molecule has 136 valence electrons. The van der Waals surface area contributed by atoms with E-state index in [0.29, 0.717) is 11.4 Å². The van der Waals surface area contributed by atoms with E-state index in [1.165, 1.54) is 35.9 Å². The van der Waals surface area contributed by atoms with Crippen LogP contribution in [0.1, 0.15) is 12.1 Å². The van der Waals surface area contributed by atoms with Gasteiger partial charge in [-0.15, -0.1) is 0 Å². The van der Waals surface area contributed by atoms with Crippen LogP contribution in [0.25, 0.3) is 0 Å². The van der Waals surface area contributed by atoms with Crippen LogP contribution in [0.4, 0.5) is 0 Å². The van der Waals surface area contributed by atoms with Crippen molar-refractivity contribution in [2.45, 2.75) is 17.4 Å². The minimum Gasteiger partial charge on any atom is -0.495 e. The van der Waals surface area contributed by atoms with Crippen LogP contribution in [0.5, 0.6) is 11.6 Å². The molecule has 1 aromatic carbocycles. The molecule has 0 bridgehead atoms. The summed E-state index contributed by atoms with van der Waals surface area (Å²) < 4.78 is 38.0. The molecule has 2 aromatic rings. The van der Waals surface area contributed by atoms with Gasteiger partial charge < -0.3 is 9.47 Å². The minimum absolute atomic E-state index is 0.00497. The highest BCUT2D eigenvalue weighted by molar-refractivity contribution is 7.89. The Balaban J connectivity index is 1.80. The van der Waals surface area contributed by atoms with Crippen LogP contribution in [0.15, 0.2) is 35.5 Å². The van der Waals surface area contributed by atoms with E-state index in [0.717, 1.165) is 0 Å². The molecule has 1 atom stereocenters.